The van der Waals surface area contributed by atoms with Crippen molar-refractivity contribution in [3.05, 3.63) is 0 Å². The summed E-state index contributed by atoms with van der Waals surface area (Å²) in [4.78, 5) is 25.9. The molecule has 0 saturated carbocycles. The highest BCUT2D eigenvalue weighted by molar-refractivity contribution is 5.82. The normalized spacial score (nSPS) is 36.0. The molecule has 0 aliphatic carbocycles. The van der Waals surface area contributed by atoms with E-state index < -0.39 is 0 Å². The van der Waals surface area contributed by atoms with Gasteiger partial charge in [-0.2, -0.15) is 0 Å². The van der Waals surface area contributed by atoms with Crippen molar-refractivity contribution in [2.45, 2.75) is 51.6 Å². The second-order valence-electron chi connectivity index (χ2n) is 6.01. The molecule has 0 radical (unpaired) electrons. The number of rotatable bonds is 2. The summed E-state index contributed by atoms with van der Waals surface area (Å²) in [7, 11) is 0. The van der Waals surface area contributed by atoms with E-state index in [0.717, 1.165) is 32.2 Å². The van der Waals surface area contributed by atoms with Crippen molar-refractivity contribution in [3.63, 3.8) is 0 Å². The van der Waals surface area contributed by atoms with Gasteiger partial charge in [-0.15, -0.1) is 0 Å². The summed E-state index contributed by atoms with van der Waals surface area (Å²) < 4.78 is 0. The molecular formula is C14H25N3O2. The van der Waals surface area contributed by atoms with Crippen LogP contribution in [-0.2, 0) is 9.59 Å². The molecule has 4 unspecified atom stereocenters. The van der Waals surface area contributed by atoms with Gasteiger partial charge in [-0.3, -0.25) is 9.59 Å². The molecule has 5 nitrogen and oxygen atoms in total. The molecule has 4 atom stereocenters. The van der Waals surface area contributed by atoms with Crippen LogP contribution in [0.3, 0.4) is 0 Å². The Morgan fingerprint density at radius 3 is 2.58 bits per heavy atom. The van der Waals surface area contributed by atoms with Crippen LogP contribution in [0.4, 0.5) is 0 Å². The average molecular weight is 267 g/mol. The van der Waals surface area contributed by atoms with Crippen LogP contribution in [0.25, 0.3) is 0 Å². The predicted octanol–water partition coefficient (Wildman–Crippen LogP) is 0.487. The van der Waals surface area contributed by atoms with E-state index >= 15 is 0 Å². The van der Waals surface area contributed by atoms with Crippen LogP contribution in [0.5, 0.6) is 0 Å². The molecule has 0 aromatic heterocycles. The van der Waals surface area contributed by atoms with Gasteiger partial charge >= 0.3 is 0 Å². The second kappa shape index (κ2) is 5.90. The molecule has 0 spiro atoms. The van der Waals surface area contributed by atoms with Gasteiger partial charge < -0.3 is 16.0 Å². The number of amides is 2. The molecule has 3 N–H and O–H groups in total. The topological polar surface area (TPSA) is 75.4 Å². The number of hydrogen-bond donors (Lipinski definition) is 2. The molecule has 2 aliphatic heterocycles. The molecule has 108 valence electrons. The van der Waals surface area contributed by atoms with Gasteiger partial charge in [0, 0.05) is 18.6 Å². The standard InChI is InChI=1S/C14H25N3O2/c1-9-5-6-11(13(15)18)8-17(9)14(19)12-4-3-7-16-10(12)2/h9-12,16H,3-8H2,1-2H3,(H2,15,18). The maximum absolute atomic E-state index is 12.7. The number of hydrogen-bond acceptors (Lipinski definition) is 3. The predicted molar refractivity (Wildman–Crippen MR) is 73.3 cm³/mol. The molecule has 19 heavy (non-hydrogen) atoms. The minimum atomic E-state index is -0.278. The van der Waals surface area contributed by atoms with Crippen LogP contribution in [0.1, 0.15) is 39.5 Å². The number of nitrogens with one attached hydrogen (secondary N) is 1. The first-order valence-corrected chi connectivity index (χ1v) is 7.34. The Bertz CT molecular complexity index is 359. The van der Waals surface area contributed by atoms with E-state index in [9.17, 15) is 9.59 Å². The Labute approximate surface area is 114 Å². The fourth-order valence-electron chi connectivity index (χ4n) is 3.24. The van der Waals surface area contributed by atoms with Gasteiger partial charge in [0.25, 0.3) is 0 Å². The third-order valence-corrected chi connectivity index (χ3v) is 4.65. The highest BCUT2D eigenvalue weighted by atomic mass is 16.2. The molecule has 2 rings (SSSR count). The summed E-state index contributed by atoms with van der Waals surface area (Å²) >= 11 is 0. The lowest BCUT2D eigenvalue weighted by atomic mass is 9.87. The number of primary amides is 1. The first-order valence-electron chi connectivity index (χ1n) is 7.34. The van der Waals surface area contributed by atoms with Crippen LogP contribution in [0, 0.1) is 11.8 Å². The Morgan fingerprint density at radius 1 is 1.21 bits per heavy atom. The SMILES string of the molecule is CC1NCCCC1C(=O)N1CC(C(N)=O)CCC1C. The van der Waals surface area contributed by atoms with E-state index in [1.807, 2.05) is 4.90 Å². The third kappa shape index (κ3) is 3.08. The number of nitrogens with zero attached hydrogens (tertiary/aromatic N) is 1. The molecule has 0 aromatic carbocycles. The molecule has 2 saturated heterocycles. The maximum Gasteiger partial charge on any atom is 0.227 e. The molecule has 5 heteroatoms. The Balaban J connectivity index is 2.05. The van der Waals surface area contributed by atoms with Crippen molar-refractivity contribution in [1.82, 2.24) is 10.2 Å². The zero-order valence-electron chi connectivity index (χ0n) is 11.9. The smallest absolute Gasteiger partial charge is 0.227 e. The van der Waals surface area contributed by atoms with Crippen molar-refractivity contribution in [2.75, 3.05) is 13.1 Å². The zero-order valence-corrected chi connectivity index (χ0v) is 11.9. The lowest BCUT2D eigenvalue weighted by Gasteiger charge is -2.41. The molecule has 0 bridgehead atoms. The van der Waals surface area contributed by atoms with Crippen molar-refractivity contribution < 1.29 is 9.59 Å². The Kier molecular flexibility index (Phi) is 4.45. The molecule has 2 heterocycles. The van der Waals surface area contributed by atoms with Gasteiger partial charge in [0.15, 0.2) is 0 Å². The van der Waals surface area contributed by atoms with Gasteiger partial charge in [-0.1, -0.05) is 0 Å². The van der Waals surface area contributed by atoms with Gasteiger partial charge in [0.1, 0.15) is 0 Å². The molecule has 0 aromatic rings. The molecule has 2 fully saturated rings. The Hall–Kier alpha value is -1.10. The van der Waals surface area contributed by atoms with Gasteiger partial charge in [-0.25, -0.2) is 0 Å². The van der Waals surface area contributed by atoms with Crippen LogP contribution in [0.15, 0.2) is 0 Å². The van der Waals surface area contributed by atoms with Crippen molar-refractivity contribution in [2.24, 2.45) is 17.6 Å². The van der Waals surface area contributed by atoms with Crippen LogP contribution >= 0.6 is 0 Å². The summed E-state index contributed by atoms with van der Waals surface area (Å²) in [6.07, 6.45) is 3.66. The van der Waals surface area contributed by atoms with Crippen molar-refractivity contribution >= 4 is 11.8 Å². The van der Waals surface area contributed by atoms with E-state index in [4.69, 9.17) is 5.73 Å². The van der Waals surface area contributed by atoms with Crippen LogP contribution in [-0.4, -0.2) is 41.9 Å². The highest BCUT2D eigenvalue weighted by Crippen LogP contribution is 2.26. The first-order chi connectivity index (χ1) is 9.00. The second-order valence-corrected chi connectivity index (χ2v) is 6.01. The van der Waals surface area contributed by atoms with E-state index in [0.29, 0.717) is 6.54 Å². The number of carbonyl (C=O) groups excluding carboxylic acids is 2. The van der Waals surface area contributed by atoms with Crippen LogP contribution < -0.4 is 11.1 Å². The van der Waals surface area contributed by atoms with E-state index in [-0.39, 0.29) is 35.7 Å². The van der Waals surface area contributed by atoms with Gasteiger partial charge in [0.2, 0.25) is 11.8 Å². The minimum absolute atomic E-state index is 0.0443. The van der Waals surface area contributed by atoms with E-state index in [1.54, 1.807) is 0 Å². The first kappa shape index (κ1) is 14.3. The van der Waals surface area contributed by atoms with Gasteiger partial charge in [0.05, 0.1) is 11.8 Å². The summed E-state index contributed by atoms with van der Waals surface area (Å²) in [5, 5.41) is 3.36. The van der Waals surface area contributed by atoms with Crippen LogP contribution in [0.2, 0.25) is 0 Å². The molecule has 2 amide bonds. The molecule has 2 aliphatic rings. The summed E-state index contributed by atoms with van der Waals surface area (Å²) in [6, 6.07) is 0.444. The summed E-state index contributed by atoms with van der Waals surface area (Å²) in [5.41, 5.74) is 5.39. The third-order valence-electron chi connectivity index (χ3n) is 4.65. The summed E-state index contributed by atoms with van der Waals surface area (Å²) in [6.45, 7) is 5.63. The fraction of sp³-hybridized carbons (Fsp3) is 0.857. The van der Waals surface area contributed by atoms with Gasteiger partial charge in [-0.05, 0) is 46.1 Å². The van der Waals surface area contributed by atoms with E-state index in [1.165, 1.54) is 0 Å². The van der Waals surface area contributed by atoms with E-state index in [2.05, 4.69) is 19.2 Å². The lowest BCUT2D eigenvalue weighted by molar-refractivity contribution is -0.143. The zero-order chi connectivity index (χ0) is 14.0. The maximum atomic E-state index is 12.7. The lowest BCUT2D eigenvalue weighted by Crippen LogP contribution is -2.54. The molecular weight excluding hydrogens is 242 g/mol. The number of likely N-dealkylation sites (tertiary alicyclic amines) is 1. The quantitative estimate of drug-likeness (QED) is 0.764. The van der Waals surface area contributed by atoms with Crippen molar-refractivity contribution in [1.29, 1.82) is 0 Å². The largest absolute Gasteiger partial charge is 0.369 e. The highest BCUT2D eigenvalue weighted by Gasteiger charge is 2.37. The summed E-state index contributed by atoms with van der Waals surface area (Å²) in [5.74, 6) is -0.215. The number of nitrogens with two attached hydrogens (primary N) is 1. The Morgan fingerprint density at radius 2 is 1.95 bits per heavy atom. The van der Waals surface area contributed by atoms with Crippen molar-refractivity contribution in [3.8, 4) is 0 Å². The fourth-order valence-corrected chi connectivity index (χ4v) is 3.24. The monoisotopic (exact) mass is 267 g/mol. The number of piperidine rings is 2. The number of carbonyl (C=O) groups is 2. The average Bonchev–Trinajstić information content (AvgIpc) is 2.38. The minimum Gasteiger partial charge on any atom is -0.369 e.